The first-order chi connectivity index (χ1) is 10.2. The maximum atomic E-state index is 5.71. The van der Waals surface area contributed by atoms with Crippen LogP contribution in [0, 0.1) is 5.92 Å². The minimum Gasteiger partial charge on any atom is -0.380 e. The van der Waals surface area contributed by atoms with Gasteiger partial charge >= 0.3 is 0 Å². The molecule has 1 aromatic heterocycles. The molecule has 0 saturated heterocycles. The third kappa shape index (κ3) is 4.30. The summed E-state index contributed by atoms with van der Waals surface area (Å²) in [5.74, 6) is 0.496. The van der Waals surface area contributed by atoms with Gasteiger partial charge in [0.1, 0.15) is 0 Å². The fourth-order valence-corrected chi connectivity index (χ4v) is 3.55. The van der Waals surface area contributed by atoms with Gasteiger partial charge in [-0.25, -0.2) is 0 Å². The molecular weight excluding hydrogens is 262 g/mol. The lowest BCUT2D eigenvalue weighted by Crippen LogP contribution is -2.45. The lowest BCUT2D eigenvalue weighted by molar-refractivity contribution is 0.0334. The van der Waals surface area contributed by atoms with Gasteiger partial charge in [-0.3, -0.25) is 4.68 Å². The van der Waals surface area contributed by atoms with Crippen LogP contribution in [-0.2, 0) is 11.2 Å². The number of nitrogens with zero attached hydrogens (tertiary/aromatic N) is 2. The Balaban J connectivity index is 2.02. The second-order valence-electron chi connectivity index (χ2n) is 6.54. The highest BCUT2D eigenvalue weighted by molar-refractivity contribution is 5.04. The Morgan fingerprint density at radius 2 is 2.10 bits per heavy atom. The fourth-order valence-electron chi connectivity index (χ4n) is 3.55. The zero-order chi connectivity index (χ0) is 15.2. The highest BCUT2D eigenvalue weighted by Crippen LogP contribution is 2.28. The maximum Gasteiger partial charge on any atom is 0.0750 e. The van der Waals surface area contributed by atoms with Crippen LogP contribution in [0.1, 0.15) is 58.2 Å². The third-order valence-electron chi connectivity index (χ3n) is 4.58. The molecule has 1 aliphatic carbocycles. The number of hydrogen-bond donors (Lipinski definition) is 1. The summed E-state index contributed by atoms with van der Waals surface area (Å²) in [6, 6.07) is 3.13. The predicted molar refractivity (Wildman–Crippen MR) is 86.5 cm³/mol. The Morgan fingerprint density at radius 3 is 2.67 bits per heavy atom. The topological polar surface area (TPSA) is 39.1 Å². The van der Waals surface area contributed by atoms with Gasteiger partial charge in [0, 0.05) is 25.8 Å². The van der Waals surface area contributed by atoms with Crippen molar-refractivity contribution in [3.8, 4) is 0 Å². The molecule has 1 aliphatic rings. The molecule has 2 rings (SSSR count). The summed E-state index contributed by atoms with van der Waals surface area (Å²) in [7, 11) is 1.81. The standard InChI is InChI=1S/C17H31N3O/c1-5-18-16(17(21-4)13(2)3)12-14-10-11-20(19-14)15-8-6-7-9-15/h10-11,13,15-18H,5-9,12H2,1-4H3. The van der Waals surface area contributed by atoms with Crippen molar-refractivity contribution in [2.45, 2.75) is 71.1 Å². The highest BCUT2D eigenvalue weighted by atomic mass is 16.5. The average molecular weight is 293 g/mol. The first kappa shape index (κ1) is 16.5. The van der Waals surface area contributed by atoms with Crippen molar-refractivity contribution in [2.75, 3.05) is 13.7 Å². The zero-order valence-corrected chi connectivity index (χ0v) is 14.0. The van der Waals surface area contributed by atoms with Gasteiger partial charge in [-0.15, -0.1) is 0 Å². The molecule has 2 atom stereocenters. The number of nitrogens with one attached hydrogen (secondary N) is 1. The molecular formula is C17H31N3O. The molecule has 0 amide bonds. The van der Waals surface area contributed by atoms with E-state index >= 15 is 0 Å². The van der Waals surface area contributed by atoms with Crippen LogP contribution < -0.4 is 5.32 Å². The van der Waals surface area contributed by atoms with Crippen molar-refractivity contribution >= 4 is 0 Å². The van der Waals surface area contributed by atoms with Gasteiger partial charge < -0.3 is 10.1 Å². The summed E-state index contributed by atoms with van der Waals surface area (Å²) in [6.45, 7) is 7.54. The SMILES string of the molecule is CCNC(Cc1ccn(C2CCCC2)n1)C(OC)C(C)C. The van der Waals surface area contributed by atoms with E-state index in [1.165, 1.54) is 31.4 Å². The summed E-state index contributed by atoms with van der Waals surface area (Å²) >= 11 is 0. The van der Waals surface area contributed by atoms with Crippen LogP contribution in [0.3, 0.4) is 0 Å². The Morgan fingerprint density at radius 1 is 1.38 bits per heavy atom. The number of rotatable bonds is 8. The number of likely N-dealkylation sites (N-methyl/N-ethyl adjacent to an activating group) is 1. The van der Waals surface area contributed by atoms with E-state index in [2.05, 4.69) is 43.0 Å². The molecule has 4 nitrogen and oxygen atoms in total. The van der Waals surface area contributed by atoms with E-state index in [0.29, 0.717) is 18.0 Å². The molecule has 0 aromatic carbocycles. The Kier molecular flexibility index (Phi) is 6.24. The summed E-state index contributed by atoms with van der Waals surface area (Å²) in [5, 5.41) is 8.38. The van der Waals surface area contributed by atoms with E-state index in [9.17, 15) is 0 Å². The number of methoxy groups -OCH3 is 1. The zero-order valence-electron chi connectivity index (χ0n) is 14.0. The first-order valence-corrected chi connectivity index (χ1v) is 8.45. The van der Waals surface area contributed by atoms with E-state index in [-0.39, 0.29) is 6.10 Å². The quantitative estimate of drug-likeness (QED) is 0.800. The summed E-state index contributed by atoms with van der Waals surface area (Å²) < 4.78 is 7.89. The summed E-state index contributed by atoms with van der Waals surface area (Å²) in [6.07, 6.45) is 8.57. The molecule has 0 spiro atoms. The Labute approximate surface area is 129 Å². The van der Waals surface area contributed by atoms with Crippen LogP contribution >= 0.6 is 0 Å². The smallest absolute Gasteiger partial charge is 0.0750 e. The van der Waals surface area contributed by atoms with Crippen molar-refractivity contribution < 1.29 is 4.74 Å². The van der Waals surface area contributed by atoms with Gasteiger partial charge in [0.05, 0.1) is 17.8 Å². The van der Waals surface area contributed by atoms with Crippen LogP contribution in [0.15, 0.2) is 12.3 Å². The molecule has 2 unspecified atom stereocenters. The van der Waals surface area contributed by atoms with Gasteiger partial charge in [-0.1, -0.05) is 33.6 Å². The molecule has 120 valence electrons. The number of hydrogen-bond acceptors (Lipinski definition) is 3. The molecule has 0 aliphatic heterocycles. The largest absolute Gasteiger partial charge is 0.380 e. The number of aromatic nitrogens is 2. The third-order valence-corrected chi connectivity index (χ3v) is 4.58. The molecule has 4 heteroatoms. The second kappa shape index (κ2) is 7.95. The molecule has 0 radical (unpaired) electrons. The van der Waals surface area contributed by atoms with Crippen LogP contribution in [0.2, 0.25) is 0 Å². The molecule has 1 N–H and O–H groups in total. The molecule has 1 aromatic rings. The number of ether oxygens (including phenoxy) is 1. The van der Waals surface area contributed by atoms with Crippen molar-refractivity contribution in [3.63, 3.8) is 0 Å². The highest BCUT2D eigenvalue weighted by Gasteiger charge is 2.25. The Bertz CT molecular complexity index is 410. The van der Waals surface area contributed by atoms with Gasteiger partial charge in [0.25, 0.3) is 0 Å². The van der Waals surface area contributed by atoms with Crippen molar-refractivity contribution in [1.82, 2.24) is 15.1 Å². The Hall–Kier alpha value is -0.870. The molecule has 0 bridgehead atoms. The molecule has 1 saturated carbocycles. The van der Waals surface area contributed by atoms with E-state index in [1.54, 1.807) is 0 Å². The van der Waals surface area contributed by atoms with Gasteiger partial charge in [-0.2, -0.15) is 5.10 Å². The van der Waals surface area contributed by atoms with Gasteiger partial charge in [0.15, 0.2) is 0 Å². The lowest BCUT2D eigenvalue weighted by atomic mass is 9.96. The minimum absolute atomic E-state index is 0.224. The van der Waals surface area contributed by atoms with Crippen molar-refractivity contribution in [3.05, 3.63) is 18.0 Å². The van der Waals surface area contributed by atoms with E-state index in [0.717, 1.165) is 13.0 Å². The molecule has 1 heterocycles. The van der Waals surface area contributed by atoms with E-state index in [1.807, 2.05) is 7.11 Å². The van der Waals surface area contributed by atoms with E-state index in [4.69, 9.17) is 9.84 Å². The molecule has 1 fully saturated rings. The van der Waals surface area contributed by atoms with Gasteiger partial charge in [-0.05, 0) is 31.4 Å². The van der Waals surface area contributed by atoms with Crippen LogP contribution in [0.25, 0.3) is 0 Å². The lowest BCUT2D eigenvalue weighted by Gasteiger charge is -2.29. The first-order valence-electron chi connectivity index (χ1n) is 8.45. The van der Waals surface area contributed by atoms with Crippen LogP contribution in [0.5, 0.6) is 0 Å². The van der Waals surface area contributed by atoms with Crippen LogP contribution in [0.4, 0.5) is 0 Å². The summed E-state index contributed by atoms with van der Waals surface area (Å²) in [4.78, 5) is 0. The second-order valence-corrected chi connectivity index (χ2v) is 6.54. The monoisotopic (exact) mass is 293 g/mol. The average Bonchev–Trinajstić information content (AvgIpc) is 3.09. The van der Waals surface area contributed by atoms with Gasteiger partial charge in [0.2, 0.25) is 0 Å². The molecule has 21 heavy (non-hydrogen) atoms. The fraction of sp³-hybridized carbons (Fsp3) is 0.824. The van der Waals surface area contributed by atoms with Crippen LogP contribution in [-0.4, -0.2) is 35.6 Å². The van der Waals surface area contributed by atoms with Crippen molar-refractivity contribution in [1.29, 1.82) is 0 Å². The maximum absolute atomic E-state index is 5.71. The van der Waals surface area contributed by atoms with E-state index < -0.39 is 0 Å². The van der Waals surface area contributed by atoms with Crippen molar-refractivity contribution in [2.24, 2.45) is 5.92 Å². The summed E-state index contributed by atoms with van der Waals surface area (Å²) in [5.41, 5.74) is 1.18. The normalized spacial score (nSPS) is 19.3. The minimum atomic E-state index is 0.224. The predicted octanol–water partition coefficient (Wildman–Crippen LogP) is 3.19.